The summed E-state index contributed by atoms with van der Waals surface area (Å²) < 4.78 is 56.1. The molecule has 0 aliphatic heterocycles. The Labute approximate surface area is 102 Å². The quantitative estimate of drug-likeness (QED) is 0.860. The van der Waals surface area contributed by atoms with Gasteiger partial charge in [0.25, 0.3) is 0 Å². The summed E-state index contributed by atoms with van der Waals surface area (Å²) in [5.74, 6) is -0.467. The van der Waals surface area contributed by atoms with Gasteiger partial charge in [0.15, 0.2) is 0 Å². The molecule has 10 heteroatoms. The standard InChI is InChI=1S/C7H6BrF3NO4P/c1-15-17(13,14)16-6-5(8)2-4(3-12-6)7(9,10)11/h2-3H,1H3,(H,13,14). The van der Waals surface area contributed by atoms with E-state index in [2.05, 4.69) is 30.0 Å². The lowest BCUT2D eigenvalue weighted by molar-refractivity contribution is -0.137. The van der Waals surface area contributed by atoms with Crippen LogP contribution < -0.4 is 4.52 Å². The van der Waals surface area contributed by atoms with E-state index >= 15 is 0 Å². The van der Waals surface area contributed by atoms with E-state index in [1.807, 2.05) is 0 Å². The van der Waals surface area contributed by atoms with Crippen LogP contribution in [0.5, 0.6) is 5.88 Å². The van der Waals surface area contributed by atoms with Crippen molar-refractivity contribution in [2.24, 2.45) is 0 Å². The number of alkyl halides is 3. The molecule has 0 radical (unpaired) electrons. The Morgan fingerprint density at radius 1 is 1.53 bits per heavy atom. The van der Waals surface area contributed by atoms with Gasteiger partial charge in [-0.05, 0) is 22.0 Å². The SMILES string of the molecule is COP(=O)(O)Oc1ncc(C(F)(F)F)cc1Br. The van der Waals surface area contributed by atoms with E-state index in [0.29, 0.717) is 12.3 Å². The zero-order chi connectivity index (χ0) is 13.3. The average Bonchev–Trinajstić information content (AvgIpc) is 2.19. The highest BCUT2D eigenvalue weighted by atomic mass is 79.9. The van der Waals surface area contributed by atoms with Crippen LogP contribution in [0, 0.1) is 0 Å². The fraction of sp³-hybridized carbons (Fsp3) is 0.286. The molecule has 1 atom stereocenters. The predicted octanol–water partition coefficient (Wildman–Crippen LogP) is 2.99. The summed E-state index contributed by atoms with van der Waals surface area (Å²) in [4.78, 5) is 12.2. The molecule has 0 aliphatic rings. The van der Waals surface area contributed by atoms with Crippen LogP contribution in [0.1, 0.15) is 5.56 Å². The summed E-state index contributed by atoms with van der Waals surface area (Å²) in [5.41, 5.74) is -1.01. The van der Waals surface area contributed by atoms with Crippen molar-refractivity contribution in [3.05, 3.63) is 22.3 Å². The molecule has 0 aromatic carbocycles. The number of phosphoric ester groups is 1. The van der Waals surface area contributed by atoms with E-state index in [-0.39, 0.29) is 4.47 Å². The number of pyridine rings is 1. The van der Waals surface area contributed by atoms with Gasteiger partial charge in [0.1, 0.15) is 0 Å². The van der Waals surface area contributed by atoms with Crippen LogP contribution in [-0.4, -0.2) is 17.0 Å². The minimum atomic E-state index is -4.56. The fourth-order valence-electron chi connectivity index (χ4n) is 0.794. The molecule has 1 N–H and O–H groups in total. The van der Waals surface area contributed by atoms with Gasteiger partial charge in [-0.25, -0.2) is 9.55 Å². The lowest BCUT2D eigenvalue weighted by Gasteiger charge is -2.12. The number of rotatable bonds is 3. The Hall–Kier alpha value is -0.630. The average molecular weight is 336 g/mol. The molecule has 1 heterocycles. The van der Waals surface area contributed by atoms with E-state index in [0.717, 1.165) is 7.11 Å². The van der Waals surface area contributed by atoms with Crippen LogP contribution in [-0.2, 0) is 15.3 Å². The monoisotopic (exact) mass is 335 g/mol. The third-order valence-electron chi connectivity index (χ3n) is 1.57. The van der Waals surface area contributed by atoms with E-state index in [4.69, 9.17) is 4.89 Å². The predicted molar refractivity (Wildman–Crippen MR) is 54.4 cm³/mol. The van der Waals surface area contributed by atoms with Crippen molar-refractivity contribution in [2.45, 2.75) is 6.18 Å². The molecule has 0 spiro atoms. The lowest BCUT2D eigenvalue weighted by atomic mass is 10.3. The highest BCUT2D eigenvalue weighted by molar-refractivity contribution is 9.10. The topological polar surface area (TPSA) is 68.7 Å². The first-order chi connectivity index (χ1) is 7.65. The van der Waals surface area contributed by atoms with Gasteiger partial charge in [-0.1, -0.05) is 0 Å². The van der Waals surface area contributed by atoms with Crippen molar-refractivity contribution >= 4 is 23.8 Å². The third kappa shape index (κ3) is 3.95. The Morgan fingerprint density at radius 2 is 2.12 bits per heavy atom. The zero-order valence-electron chi connectivity index (χ0n) is 8.23. The molecule has 0 bridgehead atoms. The molecular weight excluding hydrogens is 330 g/mol. The molecule has 0 fully saturated rings. The second-order valence-electron chi connectivity index (χ2n) is 2.75. The van der Waals surface area contributed by atoms with Crippen molar-refractivity contribution in [3.63, 3.8) is 0 Å². The van der Waals surface area contributed by atoms with Gasteiger partial charge >= 0.3 is 14.0 Å². The second kappa shape index (κ2) is 4.93. The van der Waals surface area contributed by atoms with Gasteiger partial charge in [-0.2, -0.15) is 13.2 Å². The highest BCUT2D eigenvalue weighted by Crippen LogP contribution is 2.44. The number of nitrogens with zero attached hydrogens (tertiary/aromatic N) is 1. The Bertz CT molecular complexity index is 467. The summed E-state index contributed by atoms with van der Waals surface area (Å²) in [6.45, 7) is 0. The summed E-state index contributed by atoms with van der Waals surface area (Å²) in [7, 11) is -3.44. The smallest absolute Gasteiger partial charge is 0.384 e. The molecule has 0 aliphatic carbocycles. The van der Waals surface area contributed by atoms with Crippen LogP contribution in [0.3, 0.4) is 0 Å². The van der Waals surface area contributed by atoms with E-state index < -0.39 is 25.4 Å². The molecule has 0 amide bonds. The molecule has 5 nitrogen and oxygen atoms in total. The van der Waals surface area contributed by atoms with Crippen molar-refractivity contribution in [3.8, 4) is 5.88 Å². The van der Waals surface area contributed by atoms with Crippen LogP contribution in [0.15, 0.2) is 16.7 Å². The Balaban J connectivity index is 3.03. The van der Waals surface area contributed by atoms with Crippen LogP contribution in [0.25, 0.3) is 0 Å². The van der Waals surface area contributed by atoms with Crippen molar-refractivity contribution in [1.29, 1.82) is 0 Å². The van der Waals surface area contributed by atoms with Crippen molar-refractivity contribution < 1.29 is 31.7 Å². The molecule has 0 saturated carbocycles. The largest absolute Gasteiger partial charge is 0.528 e. The first-order valence-electron chi connectivity index (χ1n) is 3.96. The van der Waals surface area contributed by atoms with Gasteiger partial charge in [0.2, 0.25) is 5.88 Å². The van der Waals surface area contributed by atoms with Crippen molar-refractivity contribution in [1.82, 2.24) is 4.98 Å². The lowest BCUT2D eigenvalue weighted by Crippen LogP contribution is -2.06. The maximum Gasteiger partial charge on any atom is 0.528 e. The molecule has 1 aromatic rings. The number of phosphoric acid groups is 1. The van der Waals surface area contributed by atoms with Gasteiger partial charge in [0.05, 0.1) is 10.0 Å². The van der Waals surface area contributed by atoms with E-state index in [1.165, 1.54) is 0 Å². The summed E-state index contributed by atoms with van der Waals surface area (Å²) in [6, 6.07) is 0.679. The zero-order valence-corrected chi connectivity index (χ0v) is 10.7. The van der Waals surface area contributed by atoms with Crippen LogP contribution in [0.4, 0.5) is 13.2 Å². The molecule has 17 heavy (non-hydrogen) atoms. The molecule has 1 unspecified atom stereocenters. The molecule has 1 aromatic heterocycles. The number of halogens is 4. The number of hydrogen-bond acceptors (Lipinski definition) is 4. The van der Waals surface area contributed by atoms with Crippen LogP contribution >= 0.6 is 23.8 Å². The maximum absolute atomic E-state index is 12.3. The van der Waals surface area contributed by atoms with Gasteiger partial charge in [-0.3, -0.25) is 9.42 Å². The Kier molecular flexibility index (Phi) is 4.19. The third-order valence-corrected chi connectivity index (χ3v) is 3.00. The molecule has 96 valence electrons. The summed E-state index contributed by atoms with van der Waals surface area (Å²) in [6.07, 6.45) is -4.08. The summed E-state index contributed by atoms with van der Waals surface area (Å²) >= 11 is 2.75. The van der Waals surface area contributed by atoms with E-state index in [1.54, 1.807) is 0 Å². The van der Waals surface area contributed by atoms with E-state index in [9.17, 15) is 17.7 Å². The summed E-state index contributed by atoms with van der Waals surface area (Å²) in [5, 5.41) is 0. The van der Waals surface area contributed by atoms with Crippen molar-refractivity contribution in [2.75, 3.05) is 7.11 Å². The number of hydrogen-bond donors (Lipinski definition) is 1. The fourth-order valence-corrected chi connectivity index (χ4v) is 1.79. The number of aromatic nitrogens is 1. The first kappa shape index (κ1) is 14.4. The Morgan fingerprint density at radius 3 is 2.53 bits per heavy atom. The minimum Gasteiger partial charge on any atom is -0.384 e. The van der Waals surface area contributed by atoms with Gasteiger partial charge in [0, 0.05) is 13.3 Å². The normalized spacial score (nSPS) is 15.4. The molecule has 0 saturated heterocycles. The molecule has 1 rings (SSSR count). The first-order valence-corrected chi connectivity index (χ1v) is 6.25. The molecular formula is C7H6BrF3NO4P. The van der Waals surface area contributed by atoms with Crippen LogP contribution in [0.2, 0.25) is 0 Å². The van der Waals surface area contributed by atoms with Gasteiger partial charge < -0.3 is 4.52 Å². The second-order valence-corrected chi connectivity index (χ2v) is 5.09. The minimum absolute atomic E-state index is 0.210. The highest BCUT2D eigenvalue weighted by Gasteiger charge is 2.32. The van der Waals surface area contributed by atoms with Gasteiger partial charge in [-0.15, -0.1) is 0 Å². The maximum atomic E-state index is 12.3.